The number of hydrogen-bond acceptors (Lipinski definition) is 7. The number of hydrogen-bond donors (Lipinski definition) is 2. The summed E-state index contributed by atoms with van der Waals surface area (Å²) < 4.78 is 5.33. The summed E-state index contributed by atoms with van der Waals surface area (Å²) in [5.74, 6) is 1.82. The van der Waals surface area contributed by atoms with Gasteiger partial charge in [-0.15, -0.1) is 11.3 Å². The van der Waals surface area contributed by atoms with Crippen molar-refractivity contribution in [2.45, 2.75) is 64.7 Å². The predicted molar refractivity (Wildman–Crippen MR) is 134 cm³/mol. The number of esters is 1. The van der Waals surface area contributed by atoms with E-state index in [2.05, 4.69) is 23.3 Å². The Morgan fingerprint density at radius 1 is 1.31 bits per heavy atom. The zero-order valence-corrected chi connectivity index (χ0v) is 21.2. The van der Waals surface area contributed by atoms with Crippen LogP contribution >= 0.6 is 11.3 Å². The van der Waals surface area contributed by atoms with Gasteiger partial charge in [-0.05, 0) is 86.0 Å². The lowest BCUT2D eigenvalue weighted by Crippen LogP contribution is -2.44. The molecule has 1 heterocycles. The van der Waals surface area contributed by atoms with Gasteiger partial charge in [-0.3, -0.25) is 14.4 Å². The van der Waals surface area contributed by atoms with E-state index in [-0.39, 0.29) is 23.8 Å². The lowest BCUT2D eigenvalue weighted by Gasteiger charge is -2.50. The number of thiazole rings is 1. The van der Waals surface area contributed by atoms with Crippen molar-refractivity contribution in [2.24, 2.45) is 28.9 Å². The summed E-state index contributed by atoms with van der Waals surface area (Å²) in [5.41, 5.74) is 7.65. The number of fused-ring (bicyclic) bond motifs is 5. The average molecular weight is 496 g/mol. The number of nitrogens with one attached hydrogen (secondary N) is 1. The van der Waals surface area contributed by atoms with E-state index in [9.17, 15) is 14.4 Å². The zero-order chi connectivity index (χ0) is 24.7. The van der Waals surface area contributed by atoms with Gasteiger partial charge in [0.2, 0.25) is 5.91 Å². The normalized spacial score (nSPS) is 29.2. The molecule has 3 N–H and O–H groups in total. The number of ketones is 1. The molecule has 0 radical (unpaired) electrons. The van der Waals surface area contributed by atoms with Gasteiger partial charge in [-0.1, -0.05) is 13.0 Å². The first kappa shape index (κ1) is 24.1. The Hall–Kier alpha value is -2.58. The first-order valence-electron chi connectivity index (χ1n) is 12.6. The molecule has 3 aliphatic carbocycles. The van der Waals surface area contributed by atoms with Crippen molar-refractivity contribution in [3.05, 3.63) is 40.4 Å². The molecule has 0 saturated heterocycles. The maximum atomic E-state index is 13.2. The summed E-state index contributed by atoms with van der Waals surface area (Å²) in [4.78, 5) is 42.7. The minimum absolute atomic E-state index is 0.0266. The predicted octanol–water partition coefficient (Wildman–Crippen LogP) is 4.39. The van der Waals surface area contributed by atoms with Crippen molar-refractivity contribution in [1.29, 1.82) is 0 Å². The number of amides is 1. The van der Waals surface area contributed by atoms with Gasteiger partial charge < -0.3 is 15.8 Å². The number of carbonyl (C=O) groups is 3. The number of aryl methyl sites for hydroxylation is 2. The van der Waals surface area contributed by atoms with Crippen LogP contribution < -0.4 is 15.8 Å². The van der Waals surface area contributed by atoms with Crippen LogP contribution in [-0.2, 0) is 20.8 Å². The van der Waals surface area contributed by atoms with Gasteiger partial charge in [0.25, 0.3) is 0 Å². The molecule has 0 aliphatic heterocycles. The van der Waals surface area contributed by atoms with Crippen molar-refractivity contribution >= 4 is 34.1 Å². The summed E-state index contributed by atoms with van der Waals surface area (Å²) in [6.07, 6.45) is 7.28. The zero-order valence-electron chi connectivity index (χ0n) is 20.3. The quantitative estimate of drug-likeness (QED) is 0.454. The highest BCUT2D eigenvalue weighted by atomic mass is 32.1. The summed E-state index contributed by atoms with van der Waals surface area (Å²) in [6.45, 7) is 3.99. The molecular formula is C27H33N3O4S. The minimum Gasteiger partial charge on any atom is -0.426 e. The molecule has 8 heteroatoms. The fraction of sp³-hybridized carbons (Fsp3) is 0.556. The molecule has 3 aliphatic rings. The Bertz CT molecular complexity index is 1160. The number of rotatable bonds is 6. The van der Waals surface area contributed by atoms with E-state index in [1.54, 1.807) is 6.20 Å². The molecule has 1 aromatic carbocycles. The number of anilines is 1. The number of ether oxygens (including phenoxy) is 1. The number of aromatic nitrogens is 1. The summed E-state index contributed by atoms with van der Waals surface area (Å²) >= 11 is 1.47. The van der Waals surface area contributed by atoms with Crippen molar-refractivity contribution < 1.29 is 19.1 Å². The molecule has 5 rings (SSSR count). The Balaban J connectivity index is 1.31. The van der Waals surface area contributed by atoms with Gasteiger partial charge in [0, 0.05) is 29.3 Å². The third kappa shape index (κ3) is 4.54. The molecule has 2 fully saturated rings. The molecule has 2 aromatic rings. The second-order valence-corrected chi connectivity index (χ2v) is 11.8. The van der Waals surface area contributed by atoms with Crippen LogP contribution in [0.2, 0.25) is 0 Å². The van der Waals surface area contributed by atoms with Crippen LogP contribution in [0.4, 0.5) is 5.13 Å². The van der Waals surface area contributed by atoms with Gasteiger partial charge in [-0.25, -0.2) is 4.98 Å². The summed E-state index contributed by atoms with van der Waals surface area (Å²) in [5, 5.41) is 3.55. The second-order valence-electron chi connectivity index (χ2n) is 10.6. The standard InChI is InChI=1S/C27H33N3O4S/c1-15-14-29-26(35-15)30-23(32)8-4-17-12-22(31)27(2)10-9-20-19-7-5-18(34-24(33)13-28)11-16(19)3-6-21(20)25(17)27/h5,7,11,14,17,20-21,25H,3-4,6,8-10,12-13,28H2,1-2H3,(H,29,30,32)/t17?,20?,21?,25?,27-/m1/s1. The molecule has 186 valence electrons. The van der Waals surface area contributed by atoms with E-state index < -0.39 is 5.97 Å². The average Bonchev–Trinajstić information content (AvgIpc) is 3.36. The van der Waals surface area contributed by atoms with Gasteiger partial charge in [0.05, 0.1) is 6.54 Å². The van der Waals surface area contributed by atoms with Crippen LogP contribution in [0.5, 0.6) is 5.75 Å². The Labute approximate surface area is 209 Å². The van der Waals surface area contributed by atoms with E-state index in [1.165, 1.54) is 22.5 Å². The maximum Gasteiger partial charge on any atom is 0.325 e. The molecule has 35 heavy (non-hydrogen) atoms. The van der Waals surface area contributed by atoms with Crippen molar-refractivity contribution in [2.75, 3.05) is 11.9 Å². The van der Waals surface area contributed by atoms with Crippen LogP contribution in [-0.4, -0.2) is 29.2 Å². The molecule has 1 aromatic heterocycles. The van der Waals surface area contributed by atoms with Crippen LogP contribution in [0.1, 0.15) is 67.4 Å². The van der Waals surface area contributed by atoms with E-state index in [4.69, 9.17) is 10.5 Å². The monoisotopic (exact) mass is 495 g/mol. The number of nitrogens with two attached hydrogens (primary N) is 1. The van der Waals surface area contributed by atoms with E-state index in [0.717, 1.165) is 37.0 Å². The topological polar surface area (TPSA) is 111 Å². The largest absolute Gasteiger partial charge is 0.426 e. The van der Waals surface area contributed by atoms with Gasteiger partial charge >= 0.3 is 5.97 Å². The second kappa shape index (κ2) is 9.47. The molecule has 1 amide bonds. The summed E-state index contributed by atoms with van der Waals surface area (Å²) in [7, 11) is 0. The Morgan fingerprint density at radius 3 is 2.89 bits per heavy atom. The van der Waals surface area contributed by atoms with Crippen LogP contribution in [0.15, 0.2) is 24.4 Å². The highest BCUT2D eigenvalue weighted by molar-refractivity contribution is 7.15. The van der Waals surface area contributed by atoms with Gasteiger partial charge in [0.1, 0.15) is 11.5 Å². The molecule has 5 atom stereocenters. The lowest BCUT2D eigenvalue weighted by molar-refractivity contribution is -0.132. The first-order chi connectivity index (χ1) is 16.8. The van der Waals surface area contributed by atoms with Crippen molar-refractivity contribution in [3.63, 3.8) is 0 Å². The van der Waals surface area contributed by atoms with Crippen LogP contribution in [0.3, 0.4) is 0 Å². The van der Waals surface area contributed by atoms with E-state index in [0.29, 0.717) is 47.3 Å². The lowest BCUT2D eigenvalue weighted by atomic mass is 9.54. The van der Waals surface area contributed by atoms with Crippen molar-refractivity contribution in [3.8, 4) is 5.75 Å². The Morgan fingerprint density at radius 2 is 2.14 bits per heavy atom. The molecule has 0 spiro atoms. The smallest absolute Gasteiger partial charge is 0.325 e. The third-order valence-electron chi connectivity index (χ3n) is 8.55. The molecular weight excluding hydrogens is 462 g/mol. The number of benzene rings is 1. The van der Waals surface area contributed by atoms with Crippen molar-refractivity contribution in [1.82, 2.24) is 4.98 Å². The van der Waals surface area contributed by atoms with Crippen LogP contribution in [0.25, 0.3) is 0 Å². The fourth-order valence-electron chi connectivity index (χ4n) is 7.03. The van der Waals surface area contributed by atoms with Crippen LogP contribution in [0, 0.1) is 30.1 Å². The number of nitrogens with zero attached hydrogens (tertiary/aromatic N) is 1. The number of carbonyl (C=O) groups excluding carboxylic acids is 3. The SMILES string of the molecule is Cc1cnc(NC(=O)CCC2CC(=O)[C@@]3(C)CCC4c5ccc(OC(=O)CN)cc5CCC4C23)s1. The van der Waals surface area contributed by atoms with E-state index in [1.807, 2.05) is 19.1 Å². The maximum absolute atomic E-state index is 13.2. The molecule has 4 unspecified atom stereocenters. The fourth-order valence-corrected chi connectivity index (χ4v) is 7.71. The molecule has 7 nitrogen and oxygen atoms in total. The Kier molecular flexibility index (Phi) is 6.53. The van der Waals surface area contributed by atoms with Gasteiger partial charge in [-0.2, -0.15) is 0 Å². The molecule has 0 bridgehead atoms. The summed E-state index contributed by atoms with van der Waals surface area (Å²) in [6, 6.07) is 5.95. The highest BCUT2D eigenvalue weighted by Gasteiger charge is 2.58. The number of Topliss-reactive ketones (excluding diaryl/α,β-unsaturated/α-hetero) is 1. The first-order valence-corrected chi connectivity index (χ1v) is 13.4. The minimum atomic E-state index is -0.437. The third-order valence-corrected chi connectivity index (χ3v) is 9.38. The highest BCUT2D eigenvalue weighted by Crippen LogP contribution is 2.62. The molecule has 2 saturated carbocycles. The van der Waals surface area contributed by atoms with Gasteiger partial charge in [0.15, 0.2) is 5.13 Å². The van der Waals surface area contributed by atoms with E-state index >= 15 is 0 Å².